The summed E-state index contributed by atoms with van der Waals surface area (Å²) in [6, 6.07) is 0.510. The zero-order valence-corrected chi connectivity index (χ0v) is 11.7. The van der Waals surface area contributed by atoms with E-state index in [9.17, 15) is 4.79 Å². The van der Waals surface area contributed by atoms with Crippen LogP contribution in [-0.2, 0) is 7.05 Å². The standard InChI is InChI=1S/C11H17BrN4O/c1-15(7-8-4-3-5-13-8)9-6-14-16(2)11(17)10(9)12/h6,8,13H,3-5,7H2,1-2H3. The Hall–Kier alpha value is -0.880. The molecule has 0 saturated carbocycles. The van der Waals surface area contributed by atoms with Gasteiger partial charge in [0, 0.05) is 26.7 Å². The van der Waals surface area contributed by atoms with E-state index in [-0.39, 0.29) is 5.56 Å². The molecule has 94 valence electrons. The molecule has 1 unspecified atom stereocenters. The predicted octanol–water partition coefficient (Wildman–Crippen LogP) is 0.731. The lowest BCUT2D eigenvalue weighted by atomic mass is 10.2. The first kappa shape index (κ1) is 12.6. The van der Waals surface area contributed by atoms with Gasteiger partial charge in [-0.3, -0.25) is 4.79 Å². The summed E-state index contributed by atoms with van der Waals surface area (Å²) in [6.07, 6.45) is 4.15. The van der Waals surface area contributed by atoms with E-state index < -0.39 is 0 Å². The topological polar surface area (TPSA) is 50.2 Å². The minimum atomic E-state index is -0.103. The zero-order chi connectivity index (χ0) is 12.4. The molecule has 1 aliphatic heterocycles. The molecule has 1 fully saturated rings. The van der Waals surface area contributed by atoms with Crippen LogP contribution in [0.4, 0.5) is 5.69 Å². The Balaban J connectivity index is 2.16. The summed E-state index contributed by atoms with van der Waals surface area (Å²) in [5, 5.41) is 7.49. The van der Waals surface area contributed by atoms with Crippen molar-refractivity contribution in [2.45, 2.75) is 18.9 Å². The van der Waals surface area contributed by atoms with Crippen molar-refractivity contribution in [2.75, 3.05) is 25.0 Å². The van der Waals surface area contributed by atoms with Gasteiger partial charge in [0.05, 0.1) is 11.9 Å². The maximum Gasteiger partial charge on any atom is 0.282 e. The van der Waals surface area contributed by atoms with Crippen LogP contribution in [0.1, 0.15) is 12.8 Å². The molecule has 1 saturated heterocycles. The smallest absolute Gasteiger partial charge is 0.282 e. The molecule has 1 aromatic rings. The molecule has 1 N–H and O–H groups in total. The third-order valence-electron chi connectivity index (χ3n) is 3.13. The minimum absolute atomic E-state index is 0.103. The van der Waals surface area contributed by atoms with Gasteiger partial charge >= 0.3 is 0 Å². The van der Waals surface area contributed by atoms with E-state index in [2.05, 4.69) is 31.2 Å². The van der Waals surface area contributed by atoms with Crippen molar-refractivity contribution in [3.8, 4) is 0 Å². The van der Waals surface area contributed by atoms with Crippen LogP contribution in [0.25, 0.3) is 0 Å². The molecular weight excluding hydrogens is 284 g/mol. The minimum Gasteiger partial charge on any atom is -0.371 e. The maximum atomic E-state index is 11.7. The Kier molecular flexibility index (Phi) is 3.83. The second kappa shape index (κ2) is 5.18. The lowest BCUT2D eigenvalue weighted by Gasteiger charge is -2.23. The van der Waals surface area contributed by atoms with Crippen LogP contribution in [-0.4, -0.2) is 36.0 Å². The summed E-state index contributed by atoms with van der Waals surface area (Å²) < 4.78 is 1.91. The van der Waals surface area contributed by atoms with Crippen molar-refractivity contribution in [1.29, 1.82) is 0 Å². The number of rotatable bonds is 3. The molecule has 1 aromatic heterocycles. The number of nitrogens with zero attached hydrogens (tertiary/aromatic N) is 3. The molecule has 0 aliphatic carbocycles. The molecule has 0 amide bonds. The van der Waals surface area contributed by atoms with Gasteiger partial charge < -0.3 is 10.2 Å². The number of halogens is 1. The highest BCUT2D eigenvalue weighted by molar-refractivity contribution is 9.10. The molecule has 6 heteroatoms. The molecule has 5 nitrogen and oxygen atoms in total. The van der Waals surface area contributed by atoms with Crippen molar-refractivity contribution in [1.82, 2.24) is 15.1 Å². The van der Waals surface area contributed by atoms with E-state index in [1.165, 1.54) is 17.5 Å². The van der Waals surface area contributed by atoms with Crippen LogP contribution >= 0.6 is 15.9 Å². The molecule has 2 rings (SSSR count). The number of aryl methyl sites for hydroxylation is 1. The normalized spacial score (nSPS) is 19.6. The fraction of sp³-hybridized carbons (Fsp3) is 0.636. The summed E-state index contributed by atoms with van der Waals surface area (Å²) in [6.45, 7) is 1.99. The second-order valence-corrected chi connectivity index (χ2v) is 5.24. The number of hydrogen-bond donors (Lipinski definition) is 1. The van der Waals surface area contributed by atoms with Crippen LogP contribution in [0.15, 0.2) is 15.5 Å². The highest BCUT2D eigenvalue weighted by Crippen LogP contribution is 2.21. The first-order valence-electron chi connectivity index (χ1n) is 5.76. The summed E-state index contributed by atoms with van der Waals surface area (Å²) in [5.74, 6) is 0. The highest BCUT2D eigenvalue weighted by Gasteiger charge is 2.18. The average Bonchev–Trinajstić information content (AvgIpc) is 2.78. The monoisotopic (exact) mass is 300 g/mol. The zero-order valence-electron chi connectivity index (χ0n) is 10.1. The number of anilines is 1. The van der Waals surface area contributed by atoms with Crippen LogP contribution < -0.4 is 15.8 Å². The Labute approximate surface area is 109 Å². The SMILES string of the molecule is CN(CC1CCCN1)c1cnn(C)c(=O)c1Br. The highest BCUT2D eigenvalue weighted by atomic mass is 79.9. The van der Waals surface area contributed by atoms with Gasteiger partial charge in [0.15, 0.2) is 0 Å². The van der Waals surface area contributed by atoms with E-state index in [0.717, 1.165) is 18.8 Å². The van der Waals surface area contributed by atoms with Crippen LogP contribution in [0.2, 0.25) is 0 Å². The Morgan fingerprint density at radius 2 is 2.47 bits per heavy atom. The lowest BCUT2D eigenvalue weighted by Crippen LogP contribution is -2.36. The largest absolute Gasteiger partial charge is 0.371 e. The van der Waals surface area contributed by atoms with Crippen molar-refractivity contribution < 1.29 is 0 Å². The van der Waals surface area contributed by atoms with E-state index in [1.54, 1.807) is 13.2 Å². The molecule has 1 aliphatic rings. The van der Waals surface area contributed by atoms with Gasteiger partial charge in [-0.1, -0.05) is 0 Å². The number of hydrogen-bond acceptors (Lipinski definition) is 4. The van der Waals surface area contributed by atoms with Crippen molar-refractivity contribution >= 4 is 21.6 Å². The molecule has 2 heterocycles. The van der Waals surface area contributed by atoms with E-state index in [1.807, 2.05) is 7.05 Å². The van der Waals surface area contributed by atoms with Gasteiger partial charge in [-0.25, -0.2) is 4.68 Å². The average molecular weight is 301 g/mol. The van der Waals surface area contributed by atoms with Gasteiger partial charge in [-0.15, -0.1) is 0 Å². The van der Waals surface area contributed by atoms with Gasteiger partial charge in [-0.2, -0.15) is 5.10 Å². The van der Waals surface area contributed by atoms with E-state index in [4.69, 9.17) is 0 Å². The van der Waals surface area contributed by atoms with Gasteiger partial charge in [0.1, 0.15) is 4.47 Å². The first-order valence-corrected chi connectivity index (χ1v) is 6.55. The maximum absolute atomic E-state index is 11.7. The summed E-state index contributed by atoms with van der Waals surface area (Å²) >= 11 is 3.35. The Bertz CT molecular complexity index is 453. The van der Waals surface area contributed by atoms with Crippen LogP contribution in [0.5, 0.6) is 0 Å². The van der Waals surface area contributed by atoms with Gasteiger partial charge in [-0.05, 0) is 35.3 Å². The van der Waals surface area contributed by atoms with E-state index in [0.29, 0.717) is 10.5 Å². The molecule has 17 heavy (non-hydrogen) atoms. The Morgan fingerprint density at radius 3 is 3.12 bits per heavy atom. The third kappa shape index (κ3) is 2.69. The van der Waals surface area contributed by atoms with Crippen LogP contribution in [0.3, 0.4) is 0 Å². The molecule has 1 atom stereocenters. The number of nitrogens with one attached hydrogen (secondary N) is 1. The quantitative estimate of drug-likeness (QED) is 0.894. The fourth-order valence-corrected chi connectivity index (χ4v) is 2.77. The predicted molar refractivity (Wildman–Crippen MR) is 71.5 cm³/mol. The van der Waals surface area contributed by atoms with Gasteiger partial charge in [0.25, 0.3) is 5.56 Å². The number of likely N-dealkylation sites (N-methyl/N-ethyl adjacent to an activating group) is 1. The molecule has 0 spiro atoms. The fourth-order valence-electron chi connectivity index (χ4n) is 2.11. The molecule has 0 radical (unpaired) electrons. The summed E-state index contributed by atoms with van der Waals surface area (Å²) in [4.78, 5) is 13.8. The summed E-state index contributed by atoms with van der Waals surface area (Å²) in [7, 11) is 3.64. The molecule has 0 aromatic carbocycles. The van der Waals surface area contributed by atoms with Crippen molar-refractivity contribution in [3.05, 3.63) is 21.0 Å². The first-order chi connectivity index (χ1) is 8.09. The molecule has 0 bridgehead atoms. The van der Waals surface area contributed by atoms with Gasteiger partial charge in [0.2, 0.25) is 0 Å². The van der Waals surface area contributed by atoms with Crippen molar-refractivity contribution in [3.63, 3.8) is 0 Å². The third-order valence-corrected chi connectivity index (χ3v) is 3.87. The number of aromatic nitrogens is 2. The lowest BCUT2D eigenvalue weighted by molar-refractivity contribution is 0.596. The second-order valence-electron chi connectivity index (χ2n) is 4.45. The summed E-state index contributed by atoms with van der Waals surface area (Å²) in [5.41, 5.74) is 0.746. The Morgan fingerprint density at radius 1 is 1.71 bits per heavy atom. The van der Waals surface area contributed by atoms with Crippen molar-refractivity contribution in [2.24, 2.45) is 7.05 Å². The van der Waals surface area contributed by atoms with E-state index >= 15 is 0 Å². The van der Waals surface area contributed by atoms with Crippen LogP contribution in [0, 0.1) is 0 Å². The molecular formula is C11H17BrN4O.